The molecule has 51 heavy (non-hydrogen) atoms. The molecule has 2 aromatic rings. The predicted octanol–water partition coefficient (Wildman–Crippen LogP) is 15.1. The highest BCUT2D eigenvalue weighted by atomic mass is 28.3. The normalized spacial score (nSPS) is 33.6. The van der Waals surface area contributed by atoms with Crippen LogP contribution in [0.4, 0.5) is 0 Å². The van der Waals surface area contributed by atoms with E-state index in [1.807, 2.05) is 0 Å². The Kier molecular flexibility index (Phi) is 10.4. The monoisotopic (exact) mass is 709 g/mol. The van der Waals surface area contributed by atoms with Gasteiger partial charge in [0.1, 0.15) is 0 Å². The third-order valence-electron chi connectivity index (χ3n) is 15.6. The van der Waals surface area contributed by atoms with Crippen LogP contribution in [0, 0.1) is 35.5 Å². The highest BCUT2D eigenvalue weighted by Crippen LogP contribution is 2.67. The molecular formula is C50H80Si. The summed E-state index contributed by atoms with van der Waals surface area (Å²) in [4.78, 5) is 0. The summed E-state index contributed by atoms with van der Waals surface area (Å²) >= 11 is 0. The molecule has 0 N–H and O–H groups in total. The fourth-order valence-corrected chi connectivity index (χ4v) is 19.9. The summed E-state index contributed by atoms with van der Waals surface area (Å²) in [5, 5.41) is 0. The van der Waals surface area contributed by atoms with E-state index in [0.29, 0.717) is 0 Å². The van der Waals surface area contributed by atoms with Crippen molar-refractivity contribution >= 4 is 8.07 Å². The molecule has 4 aliphatic carbocycles. The van der Waals surface area contributed by atoms with Gasteiger partial charge in [0.2, 0.25) is 0 Å². The lowest BCUT2D eigenvalue weighted by Crippen LogP contribution is -2.47. The van der Waals surface area contributed by atoms with Gasteiger partial charge in [-0.05, 0) is 139 Å². The maximum absolute atomic E-state index is 2.92. The summed E-state index contributed by atoms with van der Waals surface area (Å²) < 4.78 is 0. The minimum absolute atomic E-state index is 0.180. The van der Waals surface area contributed by atoms with E-state index in [4.69, 9.17) is 0 Å². The third kappa shape index (κ3) is 7.52. The van der Waals surface area contributed by atoms with Crippen LogP contribution in [-0.4, -0.2) is 8.07 Å². The molecule has 0 aliphatic heterocycles. The summed E-state index contributed by atoms with van der Waals surface area (Å²) in [6.45, 7) is 40.3. The van der Waals surface area contributed by atoms with E-state index in [-0.39, 0.29) is 21.7 Å². The van der Waals surface area contributed by atoms with Crippen LogP contribution in [0.5, 0.6) is 0 Å². The number of benzene rings is 2. The molecule has 284 valence electrons. The highest BCUT2D eigenvalue weighted by Gasteiger charge is 2.59. The average Bonchev–Trinajstić information content (AvgIpc) is 3.54. The Hall–Kier alpha value is -1.34. The summed E-state index contributed by atoms with van der Waals surface area (Å²) in [6, 6.07) is 15.7. The van der Waals surface area contributed by atoms with Gasteiger partial charge in [-0.3, -0.25) is 0 Å². The van der Waals surface area contributed by atoms with E-state index >= 15 is 0 Å². The molecular weight excluding hydrogens is 629 g/mol. The maximum Gasteiger partial charge on any atom is 0.0546 e. The number of hydrogen-bond acceptors (Lipinski definition) is 0. The first-order valence-corrected chi connectivity index (χ1v) is 24.9. The lowest BCUT2D eigenvalue weighted by Gasteiger charge is -2.49. The molecule has 1 heteroatoms. The molecule has 0 saturated heterocycles. The zero-order valence-corrected chi connectivity index (χ0v) is 37.4. The Bertz CT molecular complexity index is 1370. The van der Waals surface area contributed by atoms with Crippen molar-refractivity contribution in [2.45, 2.75) is 206 Å². The minimum Gasteiger partial charge on any atom is -0.0689 e. The van der Waals surface area contributed by atoms with Gasteiger partial charge in [0.15, 0.2) is 0 Å². The van der Waals surface area contributed by atoms with Crippen LogP contribution in [0.3, 0.4) is 0 Å². The van der Waals surface area contributed by atoms with Gasteiger partial charge in [0.05, 0.1) is 8.07 Å². The summed E-state index contributed by atoms with van der Waals surface area (Å²) in [5.41, 5.74) is 12.2. The van der Waals surface area contributed by atoms with E-state index in [0.717, 1.165) is 58.4 Å². The van der Waals surface area contributed by atoms with Gasteiger partial charge in [0.25, 0.3) is 0 Å². The first kappa shape index (κ1) is 39.4. The van der Waals surface area contributed by atoms with Crippen molar-refractivity contribution in [1.29, 1.82) is 0 Å². The van der Waals surface area contributed by atoms with Crippen molar-refractivity contribution in [3.05, 3.63) is 69.8 Å². The number of rotatable bonds is 4. The van der Waals surface area contributed by atoms with E-state index in [2.05, 4.69) is 146 Å². The van der Waals surface area contributed by atoms with Crippen LogP contribution in [0.15, 0.2) is 36.4 Å². The zero-order chi connectivity index (χ0) is 37.6. The molecule has 2 aromatic carbocycles. The smallest absolute Gasteiger partial charge is 0.0546 e. The fourth-order valence-electron chi connectivity index (χ4n) is 13.2. The van der Waals surface area contributed by atoms with E-state index in [1.165, 1.54) is 51.4 Å². The van der Waals surface area contributed by atoms with Crippen molar-refractivity contribution in [3.8, 4) is 0 Å². The number of hydrogen-bond donors (Lipinski definition) is 0. The molecule has 6 rings (SSSR count). The number of fused-ring (bicyclic) bond motifs is 2. The molecule has 4 aliphatic rings. The minimum atomic E-state index is -1.60. The predicted molar refractivity (Wildman–Crippen MR) is 227 cm³/mol. The molecule has 0 radical (unpaired) electrons. The molecule has 10 unspecified atom stereocenters. The van der Waals surface area contributed by atoms with Gasteiger partial charge in [-0.2, -0.15) is 0 Å². The van der Waals surface area contributed by atoms with Gasteiger partial charge in [0, 0.05) is 0 Å². The first-order chi connectivity index (χ1) is 23.4. The molecule has 0 heterocycles. The molecule has 0 spiro atoms. The first-order valence-electron chi connectivity index (χ1n) is 21.7. The lowest BCUT2D eigenvalue weighted by molar-refractivity contribution is 0.226. The van der Waals surface area contributed by atoms with Crippen LogP contribution in [-0.2, 0) is 21.7 Å². The molecule has 4 saturated carbocycles. The SMILES string of the molecule is CC1CC2C(c3cc(C(C)(C)C)cc(C(C)(C)C)c3)CCCC2C1[Si](C)(C)C1C(C)CC2C(c3cc(C(C)(C)C)cc(C(C)(C)C)c3)CCCC21. The maximum atomic E-state index is 2.92. The van der Waals surface area contributed by atoms with E-state index in [9.17, 15) is 0 Å². The highest BCUT2D eigenvalue weighted by molar-refractivity contribution is 6.80. The quantitative estimate of drug-likeness (QED) is 0.277. The van der Waals surface area contributed by atoms with Crippen molar-refractivity contribution in [1.82, 2.24) is 0 Å². The van der Waals surface area contributed by atoms with Crippen LogP contribution in [0.2, 0.25) is 24.2 Å². The molecule has 0 bridgehead atoms. The Balaban J connectivity index is 1.31. The van der Waals surface area contributed by atoms with Crippen molar-refractivity contribution in [3.63, 3.8) is 0 Å². The van der Waals surface area contributed by atoms with Crippen molar-refractivity contribution in [2.24, 2.45) is 35.5 Å². The largest absolute Gasteiger partial charge is 0.0689 e. The van der Waals surface area contributed by atoms with Crippen LogP contribution >= 0.6 is 0 Å². The Morgan fingerprint density at radius 3 is 1.00 bits per heavy atom. The van der Waals surface area contributed by atoms with Crippen LogP contribution in [0.1, 0.15) is 194 Å². The Morgan fingerprint density at radius 2 is 0.725 bits per heavy atom. The van der Waals surface area contributed by atoms with Crippen molar-refractivity contribution < 1.29 is 0 Å². The van der Waals surface area contributed by atoms with Crippen LogP contribution < -0.4 is 0 Å². The van der Waals surface area contributed by atoms with Crippen LogP contribution in [0.25, 0.3) is 0 Å². The molecule has 0 aromatic heterocycles. The molecule has 4 fully saturated rings. The van der Waals surface area contributed by atoms with Crippen molar-refractivity contribution in [2.75, 3.05) is 0 Å². The zero-order valence-electron chi connectivity index (χ0n) is 36.4. The lowest BCUT2D eigenvalue weighted by atomic mass is 9.69. The van der Waals surface area contributed by atoms with Gasteiger partial charge in [-0.25, -0.2) is 0 Å². The summed E-state index contributed by atoms with van der Waals surface area (Å²) in [7, 11) is -1.60. The summed E-state index contributed by atoms with van der Waals surface area (Å²) in [5.74, 6) is 6.83. The second-order valence-electron chi connectivity index (χ2n) is 23.7. The van der Waals surface area contributed by atoms with Gasteiger partial charge >= 0.3 is 0 Å². The molecule has 0 nitrogen and oxygen atoms in total. The van der Waals surface area contributed by atoms with Gasteiger partial charge in [-0.15, -0.1) is 0 Å². The molecule has 0 amide bonds. The molecule has 10 atom stereocenters. The topological polar surface area (TPSA) is 0 Å². The summed E-state index contributed by atoms with van der Waals surface area (Å²) in [6.07, 6.45) is 11.6. The van der Waals surface area contributed by atoms with E-state index in [1.54, 1.807) is 33.4 Å². The standard InChI is InChI=1S/C50H80Si/c1-31-23-43-39(33-25-35(47(3,4)5)29-36(26-33)48(6,7)8)19-17-21-41(43)45(31)51(15,16)46-32(2)24-44-40(20-18-22-42(44)46)34-27-37(49(9,10)11)30-38(28-34)50(12,13)14/h25-32,39-46H,17-24H2,1-16H3. The fraction of sp³-hybridized carbons (Fsp3) is 0.760. The second kappa shape index (κ2) is 13.4. The van der Waals surface area contributed by atoms with Gasteiger partial charge < -0.3 is 0 Å². The second-order valence-corrected chi connectivity index (χ2v) is 28.7. The van der Waals surface area contributed by atoms with Gasteiger partial charge in [-0.1, -0.05) is 172 Å². The van der Waals surface area contributed by atoms with E-state index < -0.39 is 8.07 Å². The Labute approximate surface area is 318 Å². The third-order valence-corrected chi connectivity index (χ3v) is 21.1. The average molecular weight is 709 g/mol. The Morgan fingerprint density at radius 1 is 0.431 bits per heavy atom.